The molecular formula is C31H38N2O3. The van der Waals surface area contributed by atoms with E-state index in [9.17, 15) is 4.79 Å². The van der Waals surface area contributed by atoms with Crippen molar-refractivity contribution in [3.8, 4) is 5.75 Å². The predicted octanol–water partition coefficient (Wildman–Crippen LogP) is 5.81. The van der Waals surface area contributed by atoms with E-state index < -0.39 is 0 Å². The Morgan fingerprint density at radius 3 is 2.03 bits per heavy atom. The van der Waals surface area contributed by atoms with Crippen LogP contribution in [0.3, 0.4) is 0 Å². The average molecular weight is 487 g/mol. The van der Waals surface area contributed by atoms with Crippen molar-refractivity contribution < 1.29 is 14.3 Å². The topological polar surface area (TPSA) is 42.0 Å². The third-order valence-corrected chi connectivity index (χ3v) is 6.51. The van der Waals surface area contributed by atoms with Crippen LogP contribution in [0.25, 0.3) is 0 Å². The van der Waals surface area contributed by atoms with E-state index in [4.69, 9.17) is 9.47 Å². The molecule has 1 fully saturated rings. The number of piperazine rings is 1. The largest absolute Gasteiger partial charge is 0.494 e. The molecule has 0 spiro atoms. The van der Waals surface area contributed by atoms with E-state index in [0.717, 1.165) is 24.4 Å². The molecule has 0 radical (unpaired) electrons. The van der Waals surface area contributed by atoms with Crippen molar-refractivity contribution in [1.82, 2.24) is 9.80 Å². The zero-order chi connectivity index (χ0) is 25.3. The second kappa shape index (κ2) is 12.7. The molecule has 1 heterocycles. The number of ether oxygens (including phenoxy) is 2. The average Bonchev–Trinajstić information content (AvgIpc) is 2.91. The zero-order valence-corrected chi connectivity index (χ0v) is 21.7. The molecule has 190 valence electrons. The van der Waals surface area contributed by atoms with Crippen LogP contribution in [0, 0.1) is 5.92 Å². The highest BCUT2D eigenvalue weighted by atomic mass is 16.5. The smallest absolute Gasteiger partial charge is 0.253 e. The molecule has 1 saturated heterocycles. The van der Waals surface area contributed by atoms with Crippen LogP contribution in [0.2, 0.25) is 0 Å². The van der Waals surface area contributed by atoms with E-state index in [1.807, 2.05) is 30.0 Å². The van der Waals surface area contributed by atoms with Crippen molar-refractivity contribution in [2.75, 3.05) is 39.4 Å². The van der Waals surface area contributed by atoms with Gasteiger partial charge in [-0.05, 0) is 42.2 Å². The zero-order valence-electron chi connectivity index (χ0n) is 21.7. The van der Waals surface area contributed by atoms with Crippen LogP contribution in [-0.4, -0.2) is 55.1 Å². The van der Waals surface area contributed by atoms with Gasteiger partial charge in [0, 0.05) is 43.9 Å². The summed E-state index contributed by atoms with van der Waals surface area (Å²) in [5.74, 6) is 1.31. The maximum Gasteiger partial charge on any atom is 0.253 e. The second-order valence-electron chi connectivity index (χ2n) is 9.72. The van der Waals surface area contributed by atoms with Gasteiger partial charge in [-0.15, -0.1) is 0 Å². The van der Waals surface area contributed by atoms with Crippen molar-refractivity contribution in [3.63, 3.8) is 0 Å². The highest BCUT2D eigenvalue weighted by molar-refractivity contribution is 5.94. The van der Waals surface area contributed by atoms with E-state index in [-0.39, 0.29) is 11.9 Å². The predicted molar refractivity (Wildman–Crippen MR) is 144 cm³/mol. The summed E-state index contributed by atoms with van der Waals surface area (Å²) in [6, 6.07) is 27.2. The first-order chi connectivity index (χ1) is 17.6. The fraction of sp³-hybridized carbons (Fsp3) is 0.387. The molecule has 0 N–H and O–H groups in total. The standard InChI is InChI=1S/C31H38N2O3/c1-4-36-29-16-15-27(21-28(29)23-35-22-24(2)3)31(34)33-19-17-32(18-20-33)30(25-11-7-5-8-12-25)26-13-9-6-10-14-26/h5-16,21,24,30H,4,17-20,22-23H2,1-3H3. The SMILES string of the molecule is CCOc1ccc(C(=O)N2CCN(C(c3ccccc3)c3ccccc3)CC2)cc1COCC(C)C. The number of nitrogens with zero attached hydrogens (tertiary/aromatic N) is 2. The fourth-order valence-electron chi connectivity index (χ4n) is 4.78. The van der Waals surface area contributed by atoms with Gasteiger partial charge in [-0.2, -0.15) is 0 Å². The minimum Gasteiger partial charge on any atom is -0.494 e. The Morgan fingerprint density at radius 2 is 1.47 bits per heavy atom. The van der Waals surface area contributed by atoms with Gasteiger partial charge in [-0.25, -0.2) is 0 Å². The van der Waals surface area contributed by atoms with E-state index in [0.29, 0.717) is 44.4 Å². The summed E-state index contributed by atoms with van der Waals surface area (Å²) < 4.78 is 11.6. The molecule has 0 aromatic heterocycles. The highest BCUT2D eigenvalue weighted by Crippen LogP contribution is 2.30. The molecule has 3 aromatic carbocycles. The summed E-state index contributed by atoms with van der Waals surface area (Å²) in [6.07, 6.45) is 0. The Bertz CT molecular complexity index is 1050. The Hall–Kier alpha value is -3.15. The quantitative estimate of drug-likeness (QED) is 0.363. The number of hydrogen-bond donors (Lipinski definition) is 0. The number of carbonyl (C=O) groups is 1. The van der Waals surface area contributed by atoms with Crippen LogP contribution in [0.5, 0.6) is 5.75 Å². The minimum absolute atomic E-state index is 0.0683. The Labute approximate surface area is 215 Å². The number of carbonyl (C=O) groups excluding carboxylic acids is 1. The summed E-state index contributed by atoms with van der Waals surface area (Å²) in [5, 5.41) is 0. The van der Waals surface area contributed by atoms with Crippen LogP contribution in [0.4, 0.5) is 0 Å². The van der Waals surface area contributed by atoms with Crippen LogP contribution in [0.1, 0.15) is 53.9 Å². The van der Waals surface area contributed by atoms with Gasteiger partial charge in [0.25, 0.3) is 5.91 Å². The third-order valence-electron chi connectivity index (χ3n) is 6.51. The van der Waals surface area contributed by atoms with E-state index in [1.54, 1.807) is 0 Å². The molecule has 1 amide bonds. The highest BCUT2D eigenvalue weighted by Gasteiger charge is 2.28. The van der Waals surface area contributed by atoms with Crippen molar-refractivity contribution in [2.45, 2.75) is 33.4 Å². The summed E-state index contributed by atoms with van der Waals surface area (Å²) in [5.41, 5.74) is 4.18. The van der Waals surface area contributed by atoms with Crippen LogP contribution in [0.15, 0.2) is 78.9 Å². The lowest BCUT2D eigenvalue weighted by Crippen LogP contribution is -2.49. The minimum atomic E-state index is 0.0683. The van der Waals surface area contributed by atoms with Gasteiger partial charge in [0.15, 0.2) is 0 Å². The molecule has 0 unspecified atom stereocenters. The Kier molecular flexibility index (Phi) is 9.15. The summed E-state index contributed by atoms with van der Waals surface area (Å²) in [7, 11) is 0. The van der Waals surface area contributed by atoms with E-state index in [1.165, 1.54) is 11.1 Å². The first kappa shape index (κ1) is 25.9. The van der Waals surface area contributed by atoms with Crippen molar-refractivity contribution in [2.24, 2.45) is 5.92 Å². The van der Waals surface area contributed by atoms with Gasteiger partial charge in [0.1, 0.15) is 5.75 Å². The molecule has 0 bridgehead atoms. The Balaban J connectivity index is 1.46. The first-order valence-electron chi connectivity index (χ1n) is 13.0. The van der Waals surface area contributed by atoms with Crippen molar-refractivity contribution in [3.05, 3.63) is 101 Å². The molecule has 1 aliphatic heterocycles. The molecule has 0 aliphatic carbocycles. The van der Waals surface area contributed by atoms with Crippen LogP contribution in [-0.2, 0) is 11.3 Å². The molecule has 36 heavy (non-hydrogen) atoms. The number of hydrogen-bond acceptors (Lipinski definition) is 4. The molecule has 4 rings (SSSR count). The Morgan fingerprint density at radius 1 is 0.861 bits per heavy atom. The molecule has 5 nitrogen and oxygen atoms in total. The van der Waals surface area contributed by atoms with E-state index >= 15 is 0 Å². The van der Waals surface area contributed by atoms with Gasteiger partial charge in [-0.1, -0.05) is 74.5 Å². The van der Waals surface area contributed by atoms with Crippen molar-refractivity contribution >= 4 is 5.91 Å². The molecule has 5 heteroatoms. The number of benzene rings is 3. The summed E-state index contributed by atoms with van der Waals surface area (Å²) in [4.78, 5) is 17.9. The molecule has 0 saturated carbocycles. The normalized spacial score (nSPS) is 14.4. The van der Waals surface area contributed by atoms with Crippen LogP contribution < -0.4 is 4.74 Å². The molecule has 1 aliphatic rings. The lowest BCUT2D eigenvalue weighted by atomic mass is 9.96. The van der Waals surface area contributed by atoms with Gasteiger partial charge in [-0.3, -0.25) is 9.69 Å². The summed E-state index contributed by atoms with van der Waals surface area (Å²) >= 11 is 0. The van der Waals surface area contributed by atoms with Gasteiger partial charge >= 0.3 is 0 Å². The fourth-order valence-corrected chi connectivity index (χ4v) is 4.78. The van der Waals surface area contributed by atoms with Crippen molar-refractivity contribution in [1.29, 1.82) is 0 Å². The maximum atomic E-state index is 13.4. The first-order valence-corrected chi connectivity index (χ1v) is 13.0. The molecule has 0 atom stereocenters. The second-order valence-corrected chi connectivity index (χ2v) is 9.72. The number of amides is 1. The molecular weight excluding hydrogens is 448 g/mol. The lowest BCUT2D eigenvalue weighted by molar-refractivity contribution is 0.0596. The summed E-state index contributed by atoms with van der Waals surface area (Å²) in [6.45, 7) is 11.0. The molecule has 3 aromatic rings. The third kappa shape index (κ3) is 6.54. The van der Waals surface area contributed by atoms with Crippen LogP contribution >= 0.6 is 0 Å². The van der Waals surface area contributed by atoms with E-state index in [2.05, 4.69) is 79.4 Å². The van der Waals surface area contributed by atoms with Gasteiger partial charge in [0.2, 0.25) is 0 Å². The maximum absolute atomic E-state index is 13.4. The lowest BCUT2D eigenvalue weighted by Gasteiger charge is -2.40. The number of rotatable bonds is 10. The monoisotopic (exact) mass is 486 g/mol. The van der Waals surface area contributed by atoms with Gasteiger partial charge < -0.3 is 14.4 Å². The van der Waals surface area contributed by atoms with Gasteiger partial charge in [0.05, 0.1) is 19.3 Å².